The zero-order valence-electron chi connectivity index (χ0n) is 13.2. The van der Waals surface area contributed by atoms with Crippen LogP contribution in [0.4, 0.5) is 10.1 Å². The molecule has 126 valence electrons. The smallest absolute Gasteiger partial charge is 0.267 e. The van der Waals surface area contributed by atoms with Crippen LogP contribution < -0.4 is 10.9 Å². The number of thioether (sulfide) groups is 2. The Morgan fingerprint density at radius 2 is 2.33 bits per heavy atom. The van der Waals surface area contributed by atoms with E-state index in [4.69, 9.17) is 0 Å². The Morgan fingerprint density at radius 1 is 1.54 bits per heavy atom. The van der Waals surface area contributed by atoms with Crippen LogP contribution in [0.2, 0.25) is 0 Å². The molecule has 0 unspecified atom stereocenters. The number of carbonyl (C=O) groups excluding carboxylic acids is 1. The fraction of sp³-hybridized carbons (Fsp3) is 0.312. The van der Waals surface area contributed by atoms with Gasteiger partial charge in [-0.1, -0.05) is 24.8 Å². The van der Waals surface area contributed by atoms with Crippen LogP contribution in [0.1, 0.15) is 12.6 Å². The monoisotopic (exact) mass is 365 g/mol. The van der Waals surface area contributed by atoms with E-state index >= 15 is 0 Å². The molecule has 1 amide bonds. The Balaban J connectivity index is 1.69. The SMILES string of the molecule is C[C@@H]1Cc2nc(SCC(=O)Nc3cccc(F)c3)n(C)c(=O)c2S1. The van der Waals surface area contributed by atoms with Gasteiger partial charge in [0, 0.05) is 24.4 Å². The molecule has 1 aliphatic rings. The Kier molecular flexibility index (Phi) is 4.96. The van der Waals surface area contributed by atoms with Gasteiger partial charge in [-0.05, 0) is 18.2 Å². The number of hydrogen-bond acceptors (Lipinski definition) is 5. The van der Waals surface area contributed by atoms with Gasteiger partial charge in [0.05, 0.1) is 16.3 Å². The van der Waals surface area contributed by atoms with Crippen molar-refractivity contribution in [3.8, 4) is 0 Å². The second kappa shape index (κ2) is 6.98. The van der Waals surface area contributed by atoms with Gasteiger partial charge in [-0.3, -0.25) is 14.2 Å². The molecule has 0 spiro atoms. The van der Waals surface area contributed by atoms with E-state index in [1.54, 1.807) is 24.9 Å². The Morgan fingerprint density at radius 3 is 3.08 bits per heavy atom. The molecule has 1 aromatic carbocycles. The Hall–Kier alpha value is -1.80. The van der Waals surface area contributed by atoms with Crippen LogP contribution in [0, 0.1) is 5.82 Å². The van der Waals surface area contributed by atoms with Crippen LogP contribution in [0.3, 0.4) is 0 Å². The molecular weight excluding hydrogens is 349 g/mol. The van der Waals surface area contributed by atoms with E-state index < -0.39 is 5.82 Å². The van der Waals surface area contributed by atoms with E-state index in [1.807, 2.05) is 0 Å². The second-order valence-corrected chi connectivity index (χ2v) is 7.91. The zero-order chi connectivity index (χ0) is 17.3. The molecule has 0 fully saturated rings. The van der Waals surface area contributed by atoms with Gasteiger partial charge in [0.25, 0.3) is 5.56 Å². The number of halogens is 1. The number of rotatable bonds is 4. The number of nitrogens with one attached hydrogen (secondary N) is 1. The van der Waals surface area contributed by atoms with Gasteiger partial charge >= 0.3 is 0 Å². The molecule has 24 heavy (non-hydrogen) atoms. The molecule has 1 aromatic heterocycles. The van der Waals surface area contributed by atoms with Crippen LogP contribution >= 0.6 is 23.5 Å². The lowest BCUT2D eigenvalue weighted by Crippen LogP contribution is -2.23. The largest absolute Gasteiger partial charge is 0.325 e. The summed E-state index contributed by atoms with van der Waals surface area (Å²) in [6, 6.07) is 5.72. The maximum Gasteiger partial charge on any atom is 0.267 e. The highest BCUT2D eigenvalue weighted by Crippen LogP contribution is 2.33. The quantitative estimate of drug-likeness (QED) is 0.667. The standard InChI is InChI=1S/C16H16FN3O2S2/c1-9-6-12-14(24-9)15(22)20(2)16(19-12)23-8-13(21)18-11-5-3-4-10(17)7-11/h3-5,7,9H,6,8H2,1-2H3,(H,18,21)/t9-/m1/s1. The van der Waals surface area contributed by atoms with Crippen LogP contribution in [0.25, 0.3) is 0 Å². The van der Waals surface area contributed by atoms with E-state index in [0.29, 0.717) is 21.0 Å². The topological polar surface area (TPSA) is 64.0 Å². The van der Waals surface area contributed by atoms with Crippen LogP contribution in [-0.4, -0.2) is 26.5 Å². The summed E-state index contributed by atoms with van der Waals surface area (Å²) in [6.45, 7) is 2.06. The molecule has 3 rings (SSSR count). The van der Waals surface area contributed by atoms with Gasteiger partial charge in [-0.25, -0.2) is 9.37 Å². The lowest BCUT2D eigenvalue weighted by molar-refractivity contribution is -0.113. The molecule has 8 heteroatoms. The minimum atomic E-state index is -0.408. The van der Waals surface area contributed by atoms with Crippen molar-refractivity contribution in [2.24, 2.45) is 7.05 Å². The zero-order valence-corrected chi connectivity index (χ0v) is 14.8. The number of carbonyl (C=O) groups is 1. The second-order valence-electron chi connectivity index (χ2n) is 5.51. The Bertz CT molecular complexity index is 854. The van der Waals surface area contributed by atoms with Crippen molar-refractivity contribution in [1.82, 2.24) is 9.55 Å². The lowest BCUT2D eigenvalue weighted by Gasteiger charge is -2.09. The maximum atomic E-state index is 13.1. The summed E-state index contributed by atoms with van der Waals surface area (Å²) >= 11 is 2.74. The summed E-state index contributed by atoms with van der Waals surface area (Å²) in [7, 11) is 1.66. The fourth-order valence-electron chi connectivity index (χ4n) is 2.40. The predicted molar refractivity (Wildman–Crippen MR) is 94.3 cm³/mol. The van der Waals surface area contributed by atoms with Crippen molar-refractivity contribution in [2.45, 2.75) is 28.6 Å². The molecule has 0 bridgehead atoms. The molecule has 2 aromatic rings. The van der Waals surface area contributed by atoms with E-state index in [-0.39, 0.29) is 17.2 Å². The molecule has 1 aliphatic heterocycles. The van der Waals surface area contributed by atoms with Crippen molar-refractivity contribution in [2.75, 3.05) is 11.1 Å². The fourth-order valence-corrected chi connectivity index (χ4v) is 4.33. The molecule has 0 saturated carbocycles. The summed E-state index contributed by atoms with van der Waals surface area (Å²) < 4.78 is 14.6. The number of aromatic nitrogens is 2. The summed E-state index contributed by atoms with van der Waals surface area (Å²) in [6.07, 6.45) is 0.763. The summed E-state index contributed by atoms with van der Waals surface area (Å²) in [4.78, 5) is 29.6. The van der Waals surface area contributed by atoms with Crippen LogP contribution in [0.5, 0.6) is 0 Å². The van der Waals surface area contributed by atoms with Gasteiger partial charge in [-0.15, -0.1) is 11.8 Å². The van der Waals surface area contributed by atoms with Crippen molar-refractivity contribution >= 4 is 35.1 Å². The lowest BCUT2D eigenvalue weighted by atomic mass is 10.2. The van der Waals surface area contributed by atoms with E-state index in [9.17, 15) is 14.0 Å². The average molecular weight is 365 g/mol. The maximum absolute atomic E-state index is 13.1. The molecule has 1 N–H and O–H groups in total. The van der Waals surface area contributed by atoms with E-state index in [0.717, 1.165) is 12.1 Å². The van der Waals surface area contributed by atoms with Crippen molar-refractivity contribution in [3.63, 3.8) is 0 Å². The number of anilines is 1. The van der Waals surface area contributed by atoms with E-state index in [2.05, 4.69) is 17.2 Å². The predicted octanol–water partition coefficient (Wildman–Crippen LogP) is 2.69. The minimum Gasteiger partial charge on any atom is -0.325 e. The number of fused-ring (bicyclic) bond motifs is 1. The first-order chi connectivity index (χ1) is 11.4. The van der Waals surface area contributed by atoms with Crippen LogP contribution in [-0.2, 0) is 18.3 Å². The molecule has 0 saturated heterocycles. The van der Waals surface area contributed by atoms with Crippen molar-refractivity contribution < 1.29 is 9.18 Å². The first kappa shape index (κ1) is 17.0. The first-order valence-electron chi connectivity index (χ1n) is 7.39. The average Bonchev–Trinajstić information content (AvgIpc) is 2.90. The minimum absolute atomic E-state index is 0.0672. The molecule has 0 radical (unpaired) electrons. The summed E-state index contributed by atoms with van der Waals surface area (Å²) in [5.41, 5.74) is 1.15. The highest BCUT2D eigenvalue weighted by Gasteiger charge is 2.25. The van der Waals surface area contributed by atoms with Crippen molar-refractivity contribution in [1.29, 1.82) is 0 Å². The van der Waals surface area contributed by atoms with Gasteiger partial charge in [0.15, 0.2) is 5.16 Å². The number of hydrogen-bond donors (Lipinski definition) is 1. The molecule has 2 heterocycles. The third-order valence-corrected chi connectivity index (χ3v) is 5.76. The van der Waals surface area contributed by atoms with Gasteiger partial charge < -0.3 is 5.32 Å². The third kappa shape index (κ3) is 3.64. The highest BCUT2D eigenvalue weighted by molar-refractivity contribution is 8.00. The van der Waals surface area contributed by atoms with Gasteiger partial charge in [0.2, 0.25) is 5.91 Å². The molecule has 1 atom stereocenters. The number of nitrogens with zero attached hydrogens (tertiary/aromatic N) is 2. The normalized spacial score (nSPS) is 16.0. The van der Waals surface area contributed by atoms with Gasteiger partial charge in [-0.2, -0.15) is 0 Å². The first-order valence-corrected chi connectivity index (χ1v) is 9.25. The molecular formula is C16H16FN3O2S2. The summed E-state index contributed by atoms with van der Waals surface area (Å²) in [5.74, 6) is -0.587. The summed E-state index contributed by atoms with van der Waals surface area (Å²) in [5, 5.41) is 3.49. The highest BCUT2D eigenvalue weighted by atomic mass is 32.2. The molecule has 0 aliphatic carbocycles. The van der Waals surface area contributed by atoms with Crippen molar-refractivity contribution in [3.05, 3.63) is 46.1 Å². The van der Waals surface area contributed by atoms with Gasteiger partial charge in [0.1, 0.15) is 5.82 Å². The number of benzene rings is 1. The Labute approximate surface area is 147 Å². The number of amides is 1. The third-order valence-electron chi connectivity index (χ3n) is 3.52. The van der Waals surface area contributed by atoms with Crippen LogP contribution in [0.15, 0.2) is 39.1 Å². The van der Waals surface area contributed by atoms with E-state index in [1.165, 1.54) is 34.5 Å². The molecule has 5 nitrogen and oxygen atoms in total.